The molecular weight excluding hydrogens is 356 g/mol. The van der Waals surface area contributed by atoms with Gasteiger partial charge in [0.05, 0.1) is 0 Å². The molecular formula is C21H24N4O3. The van der Waals surface area contributed by atoms with E-state index in [1.807, 2.05) is 60.7 Å². The smallest absolute Gasteiger partial charge is 0.266 e. The molecule has 28 heavy (non-hydrogen) atoms. The molecule has 6 N–H and O–H groups in total. The van der Waals surface area contributed by atoms with Crippen LogP contribution in [0.3, 0.4) is 0 Å². The number of hydrogen-bond donors (Lipinski definition) is 4. The molecule has 2 aromatic rings. The minimum Gasteiger partial charge on any atom is -0.403 e. The molecule has 2 aromatic carbocycles. The highest BCUT2D eigenvalue weighted by Gasteiger charge is 2.23. The first-order valence-corrected chi connectivity index (χ1v) is 8.89. The summed E-state index contributed by atoms with van der Waals surface area (Å²) in [7, 11) is 0. The Morgan fingerprint density at radius 1 is 0.929 bits per heavy atom. The Labute approximate surface area is 163 Å². The monoisotopic (exact) mass is 380 g/mol. The summed E-state index contributed by atoms with van der Waals surface area (Å²) in [5, 5.41) is 5.11. The van der Waals surface area contributed by atoms with Crippen molar-refractivity contribution in [2.75, 3.05) is 0 Å². The average molecular weight is 380 g/mol. The summed E-state index contributed by atoms with van der Waals surface area (Å²) < 4.78 is 0. The van der Waals surface area contributed by atoms with Crippen molar-refractivity contribution >= 4 is 17.7 Å². The summed E-state index contributed by atoms with van der Waals surface area (Å²) in [4.78, 5) is 36.3. The second kappa shape index (κ2) is 10.5. The molecule has 1 atom stereocenters. The molecule has 0 aromatic heterocycles. The maximum absolute atomic E-state index is 12.6. The lowest BCUT2D eigenvalue weighted by Crippen LogP contribution is -2.49. The molecule has 0 fully saturated rings. The van der Waals surface area contributed by atoms with Crippen molar-refractivity contribution in [3.63, 3.8) is 0 Å². The summed E-state index contributed by atoms with van der Waals surface area (Å²) in [6.07, 6.45) is 1.98. The zero-order valence-corrected chi connectivity index (χ0v) is 15.4. The first kappa shape index (κ1) is 20.7. The van der Waals surface area contributed by atoms with E-state index >= 15 is 0 Å². The van der Waals surface area contributed by atoms with Gasteiger partial charge in [-0.3, -0.25) is 14.4 Å². The second-order valence-electron chi connectivity index (χ2n) is 6.23. The van der Waals surface area contributed by atoms with Crippen LogP contribution in [0.2, 0.25) is 0 Å². The van der Waals surface area contributed by atoms with Crippen molar-refractivity contribution in [2.24, 2.45) is 11.5 Å². The van der Waals surface area contributed by atoms with Gasteiger partial charge in [-0.05, 0) is 17.5 Å². The predicted molar refractivity (Wildman–Crippen MR) is 106 cm³/mol. The molecule has 0 heterocycles. The van der Waals surface area contributed by atoms with Gasteiger partial charge in [0.1, 0.15) is 11.7 Å². The van der Waals surface area contributed by atoms with Crippen molar-refractivity contribution < 1.29 is 14.4 Å². The van der Waals surface area contributed by atoms with Crippen LogP contribution in [0.1, 0.15) is 17.5 Å². The highest BCUT2D eigenvalue weighted by atomic mass is 16.2. The zero-order chi connectivity index (χ0) is 20.4. The summed E-state index contributed by atoms with van der Waals surface area (Å²) in [5.74, 6) is -1.69. The number of carbonyl (C=O) groups excluding carboxylic acids is 3. The van der Waals surface area contributed by atoms with Gasteiger partial charge in [-0.15, -0.1) is 0 Å². The molecule has 0 radical (unpaired) electrons. The quantitative estimate of drug-likeness (QED) is 0.479. The van der Waals surface area contributed by atoms with Gasteiger partial charge in [-0.25, -0.2) is 0 Å². The number of primary amides is 1. The maximum Gasteiger partial charge on any atom is 0.266 e. The van der Waals surface area contributed by atoms with Crippen molar-refractivity contribution in [3.8, 4) is 0 Å². The lowest BCUT2D eigenvalue weighted by Gasteiger charge is -2.19. The van der Waals surface area contributed by atoms with Crippen LogP contribution in [-0.2, 0) is 27.2 Å². The number of benzene rings is 2. The first-order chi connectivity index (χ1) is 13.5. The lowest BCUT2D eigenvalue weighted by molar-refractivity contribution is -0.129. The number of amides is 3. The van der Waals surface area contributed by atoms with E-state index in [1.54, 1.807) is 0 Å². The van der Waals surface area contributed by atoms with Crippen molar-refractivity contribution in [3.05, 3.63) is 83.7 Å². The first-order valence-electron chi connectivity index (χ1n) is 8.89. The predicted octanol–water partition coefficient (Wildman–Crippen LogP) is 0.748. The third kappa shape index (κ3) is 6.60. The largest absolute Gasteiger partial charge is 0.403 e. The highest BCUT2D eigenvalue weighted by molar-refractivity contribution is 5.98. The SMILES string of the molecule is NC=C(NC(=O)[C@H](Cc1ccccc1)NC(=O)CCc1ccccc1)C(N)=O. The van der Waals surface area contributed by atoms with Crippen LogP contribution in [-0.4, -0.2) is 23.8 Å². The Morgan fingerprint density at radius 2 is 1.50 bits per heavy atom. The Balaban J connectivity index is 2.05. The molecule has 146 valence electrons. The number of rotatable bonds is 9. The van der Waals surface area contributed by atoms with Gasteiger partial charge in [0.2, 0.25) is 11.8 Å². The highest BCUT2D eigenvalue weighted by Crippen LogP contribution is 2.06. The molecule has 0 bridgehead atoms. The van der Waals surface area contributed by atoms with Crippen LogP contribution in [0.25, 0.3) is 0 Å². The summed E-state index contributed by atoms with van der Waals surface area (Å²) in [6, 6.07) is 18.0. The van der Waals surface area contributed by atoms with E-state index in [-0.39, 0.29) is 24.4 Å². The third-order valence-electron chi connectivity index (χ3n) is 4.11. The van der Waals surface area contributed by atoms with Gasteiger partial charge in [0, 0.05) is 19.0 Å². The number of nitrogens with two attached hydrogens (primary N) is 2. The van der Waals surface area contributed by atoms with E-state index < -0.39 is 17.9 Å². The molecule has 7 nitrogen and oxygen atoms in total. The van der Waals surface area contributed by atoms with E-state index in [1.165, 1.54) is 0 Å². The van der Waals surface area contributed by atoms with E-state index in [2.05, 4.69) is 10.6 Å². The van der Waals surface area contributed by atoms with Crippen LogP contribution in [0.15, 0.2) is 72.6 Å². The van der Waals surface area contributed by atoms with Crippen molar-refractivity contribution in [1.82, 2.24) is 10.6 Å². The van der Waals surface area contributed by atoms with Crippen molar-refractivity contribution in [2.45, 2.75) is 25.3 Å². The Kier molecular flexibility index (Phi) is 7.77. The maximum atomic E-state index is 12.6. The van der Waals surface area contributed by atoms with Crippen LogP contribution in [0.5, 0.6) is 0 Å². The summed E-state index contributed by atoms with van der Waals surface area (Å²) in [5.41, 5.74) is 12.2. The van der Waals surface area contributed by atoms with Gasteiger partial charge < -0.3 is 22.1 Å². The Morgan fingerprint density at radius 3 is 2.04 bits per heavy atom. The van der Waals surface area contributed by atoms with Crippen molar-refractivity contribution in [1.29, 1.82) is 0 Å². The van der Waals surface area contributed by atoms with Crippen LogP contribution in [0.4, 0.5) is 0 Å². The van der Waals surface area contributed by atoms with Crippen LogP contribution < -0.4 is 22.1 Å². The summed E-state index contributed by atoms with van der Waals surface area (Å²) in [6.45, 7) is 0. The lowest BCUT2D eigenvalue weighted by atomic mass is 10.0. The van der Waals surface area contributed by atoms with Crippen LogP contribution in [0, 0.1) is 0 Å². The Bertz CT molecular complexity index is 835. The van der Waals surface area contributed by atoms with Gasteiger partial charge >= 0.3 is 0 Å². The fourth-order valence-electron chi connectivity index (χ4n) is 2.63. The minimum absolute atomic E-state index is 0.221. The van der Waals surface area contributed by atoms with E-state index in [9.17, 15) is 14.4 Å². The second-order valence-corrected chi connectivity index (χ2v) is 6.23. The molecule has 3 amide bonds. The zero-order valence-electron chi connectivity index (χ0n) is 15.4. The van der Waals surface area contributed by atoms with Gasteiger partial charge in [-0.1, -0.05) is 60.7 Å². The fraction of sp³-hybridized carbons (Fsp3) is 0.190. The van der Waals surface area contributed by atoms with Gasteiger partial charge in [-0.2, -0.15) is 0 Å². The Hall–Kier alpha value is -3.61. The number of carbonyl (C=O) groups is 3. The molecule has 7 heteroatoms. The molecule has 0 spiro atoms. The third-order valence-corrected chi connectivity index (χ3v) is 4.11. The molecule has 0 aliphatic carbocycles. The summed E-state index contributed by atoms with van der Waals surface area (Å²) >= 11 is 0. The van der Waals surface area contributed by atoms with E-state index in [0.29, 0.717) is 6.42 Å². The normalized spacial score (nSPS) is 12.1. The standard InChI is InChI=1S/C21H24N4O3/c22-14-18(20(23)27)25-21(28)17(13-16-9-5-2-6-10-16)24-19(26)12-11-15-7-3-1-4-8-15/h1-10,14,17H,11-13,22H2,(H2,23,27)(H,24,26)(H,25,28)/t17-/m0/s1. The molecule has 0 aliphatic rings. The number of aryl methyl sites for hydroxylation is 1. The molecule has 0 saturated carbocycles. The topological polar surface area (TPSA) is 127 Å². The van der Waals surface area contributed by atoms with Gasteiger partial charge in [0.25, 0.3) is 5.91 Å². The van der Waals surface area contributed by atoms with Gasteiger partial charge in [0.15, 0.2) is 0 Å². The van der Waals surface area contributed by atoms with E-state index in [4.69, 9.17) is 11.5 Å². The van der Waals surface area contributed by atoms with E-state index in [0.717, 1.165) is 17.3 Å². The number of nitrogens with one attached hydrogen (secondary N) is 2. The minimum atomic E-state index is -0.875. The molecule has 0 unspecified atom stereocenters. The molecule has 0 saturated heterocycles. The average Bonchev–Trinajstić information content (AvgIpc) is 2.71. The number of hydrogen-bond acceptors (Lipinski definition) is 4. The van der Waals surface area contributed by atoms with Crippen LogP contribution >= 0.6 is 0 Å². The molecule has 2 rings (SSSR count). The fourth-order valence-corrected chi connectivity index (χ4v) is 2.63. The molecule has 0 aliphatic heterocycles.